The summed E-state index contributed by atoms with van der Waals surface area (Å²) in [6.45, 7) is 3.16. The highest BCUT2D eigenvalue weighted by Gasteiger charge is 2.15. The number of aromatic nitrogens is 2. The van der Waals surface area contributed by atoms with Gasteiger partial charge in [0.2, 0.25) is 11.8 Å². The van der Waals surface area contributed by atoms with Crippen molar-refractivity contribution in [1.29, 1.82) is 0 Å². The van der Waals surface area contributed by atoms with Crippen molar-refractivity contribution < 1.29 is 9.59 Å². The number of nitrogens with zero attached hydrogens (tertiary/aromatic N) is 3. The van der Waals surface area contributed by atoms with Crippen LogP contribution in [-0.4, -0.2) is 45.8 Å². The Hall–Kier alpha value is -1.63. The van der Waals surface area contributed by atoms with Crippen molar-refractivity contribution in [2.75, 3.05) is 24.2 Å². The zero-order chi connectivity index (χ0) is 15.1. The molecule has 0 saturated carbocycles. The fourth-order valence-electron chi connectivity index (χ4n) is 2.19. The number of hydrogen-bond acceptors (Lipinski definition) is 5. The molecule has 0 bridgehead atoms. The van der Waals surface area contributed by atoms with Gasteiger partial charge in [0.25, 0.3) is 0 Å². The van der Waals surface area contributed by atoms with Crippen LogP contribution in [0.5, 0.6) is 0 Å². The van der Waals surface area contributed by atoms with Crippen LogP contribution >= 0.6 is 11.8 Å². The maximum absolute atomic E-state index is 12.1. The van der Waals surface area contributed by atoms with Crippen molar-refractivity contribution >= 4 is 29.4 Å². The summed E-state index contributed by atoms with van der Waals surface area (Å²) in [6, 6.07) is 3.45. The van der Waals surface area contributed by atoms with Crippen LogP contribution in [0.25, 0.3) is 0 Å². The van der Waals surface area contributed by atoms with Crippen LogP contribution in [0.3, 0.4) is 0 Å². The normalized spacial score (nSPS) is 15.4. The van der Waals surface area contributed by atoms with Gasteiger partial charge in [0.15, 0.2) is 5.82 Å². The Morgan fingerprint density at radius 3 is 2.48 bits per heavy atom. The van der Waals surface area contributed by atoms with Gasteiger partial charge in [-0.25, -0.2) is 0 Å². The Bertz CT molecular complexity index is 484. The number of amides is 2. The van der Waals surface area contributed by atoms with E-state index >= 15 is 0 Å². The molecule has 0 aliphatic carbocycles. The van der Waals surface area contributed by atoms with Crippen LogP contribution in [0.4, 0.5) is 5.82 Å². The molecule has 1 aliphatic heterocycles. The van der Waals surface area contributed by atoms with E-state index in [0.29, 0.717) is 16.6 Å². The number of hydrogen-bond donors (Lipinski definition) is 1. The van der Waals surface area contributed by atoms with Gasteiger partial charge < -0.3 is 10.2 Å². The molecule has 0 aromatic carbocycles. The zero-order valence-corrected chi connectivity index (χ0v) is 13.0. The van der Waals surface area contributed by atoms with Gasteiger partial charge >= 0.3 is 0 Å². The molecule has 7 heteroatoms. The van der Waals surface area contributed by atoms with Crippen LogP contribution in [0.15, 0.2) is 17.2 Å². The first kappa shape index (κ1) is 15.8. The molecule has 114 valence electrons. The first-order valence-corrected chi connectivity index (χ1v) is 8.15. The SMILES string of the molecule is CC(=O)Nc1ccc(SCC(=O)N2CCCCCC2)nn1. The summed E-state index contributed by atoms with van der Waals surface area (Å²) < 4.78 is 0. The second-order valence-electron chi connectivity index (χ2n) is 5.02. The summed E-state index contributed by atoms with van der Waals surface area (Å²) in [6.07, 6.45) is 4.63. The van der Waals surface area contributed by atoms with Crippen LogP contribution in [-0.2, 0) is 9.59 Å². The van der Waals surface area contributed by atoms with E-state index in [-0.39, 0.29) is 11.8 Å². The lowest BCUT2D eigenvalue weighted by Gasteiger charge is -2.19. The van der Waals surface area contributed by atoms with Gasteiger partial charge in [-0.2, -0.15) is 0 Å². The van der Waals surface area contributed by atoms with Crippen LogP contribution < -0.4 is 5.32 Å². The summed E-state index contributed by atoms with van der Waals surface area (Å²) in [4.78, 5) is 25.0. The second-order valence-corrected chi connectivity index (χ2v) is 6.02. The Labute approximate surface area is 128 Å². The summed E-state index contributed by atoms with van der Waals surface area (Å²) in [5, 5.41) is 11.1. The Morgan fingerprint density at radius 2 is 1.90 bits per heavy atom. The molecule has 2 heterocycles. The highest BCUT2D eigenvalue weighted by atomic mass is 32.2. The summed E-state index contributed by atoms with van der Waals surface area (Å²) in [7, 11) is 0. The molecule has 1 fully saturated rings. The van der Waals surface area contributed by atoms with E-state index in [9.17, 15) is 9.59 Å². The monoisotopic (exact) mass is 308 g/mol. The van der Waals surface area contributed by atoms with Gasteiger partial charge in [0.1, 0.15) is 5.03 Å². The van der Waals surface area contributed by atoms with E-state index < -0.39 is 0 Å². The number of rotatable bonds is 4. The van der Waals surface area contributed by atoms with Gasteiger partial charge in [-0.1, -0.05) is 24.6 Å². The van der Waals surface area contributed by atoms with Crippen LogP contribution in [0.1, 0.15) is 32.6 Å². The number of carbonyl (C=O) groups excluding carboxylic acids is 2. The number of nitrogens with one attached hydrogen (secondary N) is 1. The molecule has 1 aromatic heterocycles. The average Bonchev–Trinajstić information content (AvgIpc) is 2.75. The lowest BCUT2D eigenvalue weighted by atomic mass is 10.2. The standard InChI is InChI=1S/C14H20N4O2S/c1-11(19)15-12-6-7-13(17-16-12)21-10-14(20)18-8-4-2-3-5-9-18/h6-7H,2-5,8-10H2,1H3,(H,15,16,19). The highest BCUT2D eigenvalue weighted by molar-refractivity contribution is 7.99. The third-order valence-corrected chi connectivity index (χ3v) is 4.15. The fraction of sp³-hybridized carbons (Fsp3) is 0.571. The van der Waals surface area contributed by atoms with Crippen molar-refractivity contribution in [3.05, 3.63) is 12.1 Å². The third kappa shape index (κ3) is 5.34. The van der Waals surface area contributed by atoms with Crippen molar-refractivity contribution in [3.63, 3.8) is 0 Å². The second kappa shape index (κ2) is 7.97. The van der Waals surface area contributed by atoms with E-state index in [0.717, 1.165) is 25.9 Å². The van der Waals surface area contributed by atoms with Crippen LogP contribution in [0.2, 0.25) is 0 Å². The maximum Gasteiger partial charge on any atom is 0.232 e. The smallest absolute Gasteiger partial charge is 0.232 e. The molecule has 6 nitrogen and oxygen atoms in total. The van der Waals surface area contributed by atoms with Gasteiger partial charge in [0, 0.05) is 20.0 Å². The number of thioether (sulfide) groups is 1. The Kier molecular flexibility index (Phi) is 5.98. The van der Waals surface area contributed by atoms with E-state index in [1.54, 1.807) is 12.1 Å². The van der Waals surface area contributed by atoms with Gasteiger partial charge in [-0.15, -0.1) is 10.2 Å². The molecular weight excluding hydrogens is 288 g/mol. The molecule has 1 N–H and O–H groups in total. The average molecular weight is 308 g/mol. The predicted molar refractivity (Wildman–Crippen MR) is 82.1 cm³/mol. The quantitative estimate of drug-likeness (QED) is 0.860. The largest absolute Gasteiger partial charge is 0.342 e. The summed E-state index contributed by atoms with van der Waals surface area (Å²) in [5.74, 6) is 0.787. The van der Waals surface area contributed by atoms with E-state index in [1.165, 1.54) is 31.5 Å². The minimum atomic E-state index is -0.180. The van der Waals surface area contributed by atoms with Crippen molar-refractivity contribution in [2.24, 2.45) is 0 Å². The van der Waals surface area contributed by atoms with Crippen molar-refractivity contribution in [1.82, 2.24) is 15.1 Å². The lowest BCUT2D eigenvalue weighted by molar-refractivity contribution is -0.128. The lowest BCUT2D eigenvalue weighted by Crippen LogP contribution is -2.33. The molecule has 2 rings (SSSR count). The van der Waals surface area contributed by atoms with Crippen LogP contribution in [0, 0.1) is 0 Å². The van der Waals surface area contributed by atoms with Crippen molar-refractivity contribution in [3.8, 4) is 0 Å². The fourth-order valence-corrected chi connectivity index (χ4v) is 2.91. The molecule has 1 saturated heterocycles. The number of anilines is 1. The Morgan fingerprint density at radius 1 is 1.19 bits per heavy atom. The third-order valence-electron chi connectivity index (χ3n) is 3.25. The van der Waals surface area contributed by atoms with E-state index in [1.807, 2.05) is 4.90 Å². The van der Waals surface area contributed by atoms with Crippen molar-refractivity contribution in [2.45, 2.75) is 37.6 Å². The van der Waals surface area contributed by atoms with Gasteiger partial charge in [0.05, 0.1) is 5.75 Å². The molecule has 1 aromatic rings. The molecular formula is C14H20N4O2S. The first-order valence-electron chi connectivity index (χ1n) is 7.17. The molecule has 0 unspecified atom stereocenters. The number of carbonyl (C=O) groups is 2. The summed E-state index contributed by atoms with van der Waals surface area (Å²) in [5.41, 5.74) is 0. The molecule has 1 aliphatic rings. The first-order chi connectivity index (χ1) is 10.1. The molecule has 0 spiro atoms. The topological polar surface area (TPSA) is 75.2 Å². The molecule has 21 heavy (non-hydrogen) atoms. The van der Waals surface area contributed by atoms with Gasteiger partial charge in [-0.3, -0.25) is 9.59 Å². The maximum atomic E-state index is 12.1. The number of likely N-dealkylation sites (tertiary alicyclic amines) is 1. The zero-order valence-electron chi connectivity index (χ0n) is 12.2. The predicted octanol–water partition coefficient (Wildman–Crippen LogP) is 1.93. The van der Waals surface area contributed by atoms with Gasteiger partial charge in [-0.05, 0) is 25.0 Å². The summed E-state index contributed by atoms with van der Waals surface area (Å²) >= 11 is 1.38. The van der Waals surface area contributed by atoms with E-state index in [4.69, 9.17) is 0 Å². The molecule has 2 amide bonds. The highest BCUT2D eigenvalue weighted by Crippen LogP contribution is 2.17. The van der Waals surface area contributed by atoms with E-state index in [2.05, 4.69) is 15.5 Å². The minimum Gasteiger partial charge on any atom is -0.342 e. The molecule has 0 atom stereocenters. The molecule has 0 radical (unpaired) electrons. The Balaban J connectivity index is 1.81. The minimum absolute atomic E-state index is 0.162.